The number of carboxylic acids is 1. The standard InChI is InChI=1S/C18H13N7O3/c26-18(27)13-9-5-4-6-11(13)10-19-23-15-14(20-12-7-2-1-3-8-12)21-16-17(22-15)25-28-24-16/h1-10H,(H,26,27)(H,20,21,24)(H,22,23,25). The Balaban J connectivity index is 1.64. The first-order valence-electron chi connectivity index (χ1n) is 8.14. The van der Waals surface area contributed by atoms with Gasteiger partial charge >= 0.3 is 5.97 Å². The summed E-state index contributed by atoms with van der Waals surface area (Å²) >= 11 is 0. The molecule has 2 aromatic heterocycles. The number of aromatic nitrogens is 4. The molecule has 0 unspecified atom stereocenters. The molecule has 2 heterocycles. The molecule has 0 bridgehead atoms. The smallest absolute Gasteiger partial charge is 0.336 e. The number of fused-ring (bicyclic) bond motifs is 1. The van der Waals surface area contributed by atoms with Crippen molar-refractivity contribution in [3.8, 4) is 0 Å². The second kappa shape index (κ2) is 7.50. The maximum Gasteiger partial charge on any atom is 0.336 e. The average molecular weight is 375 g/mol. The minimum atomic E-state index is -1.04. The van der Waals surface area contributed by atoms with Crippen LogP contribution in [0.25, 0.3) is 11.3 Å². The molecule has 0 spiro atoms. The maximum atomic E-state index is 11.3. The van der Waals surface area contributed by atoms with E-state index in [1.165, 1.54) is 12.3 Å². The zero-order valence-electron chi connectivity index (χ0n) is 14.3. The monoisotopic (exact) mass is 375 g/mol. The third-order valence-corrected chi connectivity index (χ3v) is 3.72. The van der Waals surface area contributed by atoms with Crippen molar-refractivity contribution in [2.45, 2.75) is 0 Å². The third-order valence-electron chi connectivity index (χ3n) is 3.72. The number of rotatable bonds is 6. The molecule has 0 saturated carbocycles. The lowest BCUT2D eigenvalue weighted by Crippen LogP contribution is -2.04. The molecule has 0 saturated heterocycles. The van der Waals surface area contributed by atoms with Gasteiger partial charge in [0, 0.05) is 11.3 Å². The molecule has 0 fully saturated rings. The van der Waals surface area contributed by atoms with Gasteiger partial charge in [-0.05, 0) is 28.5 Å². The van der Waals surface area contributed by atoms with Gasteiger partial charge in [0.05, 0.1) is 11.8 Å². The normalized spacial score (nSPS) is 11.0. The van der Waals surface area contributed by atoms with Crippen molar-refractivity contribution in [3.05, 3.63) is 65.7 Å². The number of nitrogens with one attached hydrogen (secondary N) is 2. The lowest BCUT2D eigenvalue weighted by molar-refractivity contribution is 0.0696. The minimum Gasteiger partial charge on any atom is -0.478 e. The zero-order chi connectivity index (χ0) is 19.3. The lowest BCUT2D eigenvalue weighted by Gasteiger charge is -2.09. The van der Waals surface area contributed by atoms with E-state index in [9.17, 15) is 9.90 Å². The molecule has 0 radical (unpaired) electrons. The van der Waals surface area contributed by atoms with E-state index in [1.54, 1.807) is 18.2 Å². The van der Waals surface area contributed by atoms with E-state index in [2.05, 4.69) is 40.8 Å². The summed E-state index contributed by atoms with van der Waals surface area (Å²) in [6, 6.07) is 15.9. The summed E-state index contributed by atoms with van der Waals surface area (Å²) in [7, 11) is 0. The van der Waals surface area contributed by atoms with Crippen LogP contribution in [0.15, 0.2) is 64.3 Å². The summed E-state index contributed by atoms with van der Waals surface area (Å²) in [6.07, 6.45) is 1.39. The Kier molecular flexibility index (Phi) is 4.58. The van der Waals surface area contributed by atoms with Gasteiger partial charge < -0.3 is 10.4 Å². The summed E-state index contributed by atoms with van der Waals surface area (Å²) in [5.41, 5.74) is 4.58. The molecule has 2 aromatic carbocycles. The van der Waals surface area contributed by atoms with Crippen LogP contribution >= 0.6 is 0 Å². The Hall–Kier alpha value is -4.34. The second-order valence-corrected chi connectivity index (χ2v) is 5.59. The number of hydrogen-bond donors (Lipinski definition) is 3. The van der Waals surface area contributed by atoms with Crippen molar-refractivity contribution in [1.82, 2.24) is 20.3 Å². The predicted octanol–water partition coefficient (Wildman–Crippen LogP) is 2.90. The fourth-order valence-corrected chi connectivity index (χ4v) is 2.43. The van der Waals surface area contributed by atoms with Crippen LogP contribution in [-0.4, -0.2) is 37.6 Å². The average Bonchev–Trinajstić information content (AvgIpc) is 3.16. The molecule has 0 amide bonds. The molecule has 10 nitrogen and oxygen atoms in total. The molecule has 0 aliphatic carbocycles. The number of aromatic carboxylic acids is 1. The number of hydrazone groups is 1. The molecular weight excluding hydrogens is 362 g/mol. The Labute approximate surface area is 157 Å². The van der Waals surface area contributed by atoms with Gasteiger partial charge in [-0.3, -0.25) is 5.43 Å². The van der Waals surface area contributed by atoms with Gasteiger partial charge in [-0.15, -0.1) is 0 Å². The van der Waals surface area contributed by atoms with E-state index in [1.807, 2.05) is 30.3 Å². The molecule has 0 aliphatic rings. The van der Waals surface area contributed by atoms with E-state index >= 15 is 0 Å². The number of nitrogens with zero attached hydrogens (tertiary/aromatic N) is 5. The van der Waals surface area contributed by atoms with E-state index in [0.29, 0.717) is 11.4 Å². The highest BCUT2D eigenvalue weighted by molar-refractivity contribution is 5.98. The fraction of sp³-hybridized carbons (Fsp3) is 0. The zero-order valence-corrected chi connectivity index (χ0v) is 14.3. The summed E-state index contributed by atoms with van der Waals surface area (Å²) in [5, 5.41) is 23.8. The second-order valence-electron chi connectivity index (χ2n) is 5.59. The number of hydrogen-bond acceptors (Lipinski definition) is 9. The number of benzene rings is 2. The summed E-state index contributed by atoms with van der Waals surface area (Å²) in [5.74, 6) is -0.405. The predicted molar refractivity (Wildman–Crippen MR) is 102 cm³/mol. The van der Waals surface area contributed by atoms with Crippen LogP contribution in [0.5, 0.6) is 0 Å². The molecule has 10 heteroatoms. The maximum absolute atomic E-state index is 11.3. The van der Waals surface area contributed by atoms with Gasteiger partial charge in [-0.2, -0.15) is 10.1 Å². The molecule has 138 valence electrons. The summed E-state index contributed by atoms with van der Waals surface area (Å²) < 4.78 is 4.66. The van der Waals surface area contributed by atoms with Gasteiger partial charge in [-0.1, -0.05) is 36.4 Å². The van der Waals surface area contributed by atoms with Crippen molar-refractivity contribution >= 4 is 40.8 Å². The first-order chi connectivity index (χ1) is 13.7. The van der Waals surface area contributed by atoms with E-state index in [4.69, 9.17) is 0 Å². The Bertz CT molecular complexity index is 1160. The molecule has 0 atom stereocenters. The van der Waals surface area contributed by atoms with Crippen LogP contribution in [0.3, 0.4) is 0 Å². The van der Waals surface area contributed by atoms with Crippen molar-refractivity contribution in [2.24, 2.45) is 5.10 Å². The van der Waals surface area contributed by atoms with Gasteiger partial charge in [-0.25, -0.2) is 14.4 Å². The number of carboxylic acid groups (broad SMARTS) is 1. The van der Waals surface area contributed by atoms with Gasteiger partial charge in [0.25, 0.3) is 0 Å². The molecule has 28 heavy (non-hydrogen) atoms. The lowest BCUT2D eigenvalue weighted by atomic mass is 10.1. The van der Waals surface area contributed by atoms with E-state index < -0.39 is 5.97 Å². The van der Waals surface area contributed by atoms with E-state index in [0.717, 1.165) is 5.69 Å². The highest BCUT2D eigenvalue weighted by atomic mass is 16.6. The van der Waals surface area contributed by atoms with Crippen molar-refractivity contribution in [1.29, 1.82) is 0 Å². The SMILES string of the molecule is O=C(O)c1ccccc1C=NNc1nc2nonc2nc1Nc1ccccc1. The fourth-order valence-electron chi connectivity index (χ4n) is 2.43. The van der Waals surface area contributed by atoms with Gasteiger partial charge in [0.2, 0.25) is 11.3 Å². The van der Waals surface area contributed by atoms with Crippen LogP contribution in [0.4, 0.5) is 17.3 Å². The Morgan fingerprint density at radius 3 is 2.39 bits per heavy atom. The molecule has 4 aromatic rings. The quantitative estimate of drug-likeness (QED) is 0.343. The van der Waals surface area contributed by atoms with Crippen LogP contribution < -0.4 is 10.7 Å². The van der Waals surface area contributed by atoms with Crippen molar-refractivity contribution in [3.63, 3.8) is 0 Å². The summed E-state index contributed by atoms with van der Waals surface area (Å²) in [4.78, 5) is 19.9. The molecule has 4 rings (SSSR count). The third kappa shape index (κ3) is 3.60. The molecule has 3 N–H and O–H groups in total. The van der Waals surface area contributed by atoms with Crippen LogP contribution in [0.2, 0.25) is 0 Å². The first-order valence-corrected chi connectivity index (χ1v) is 8.14. The van der Waals surface area contributed by atoms with Crippen LogP contribution in [0.1, 0.15) is 15.9 Å². The minimum absolute atomic E-state index is 0.137. The summed E-state index contributed by atoms with van der Waals surface area (Å²) in [6.45, 7) is 0. The topological polar surface area (TPSA) is 138 Å². The number of carbonyl (C=O) groups is 1. The van der Waals surface area contributed by atoms with Gasteiger partial charge in [0.15, 0.2) is 11.6 Å². The molecular formula is C18H13N7O3. The molecule has 0 aliphatic heterocycles. The van der Waals surface area contributed by atoms with Crippen molar-refractivity contribution in [2.75, 3.05) is 10.7 Å². The number of para-hydroxylation sites is 1. The highest BCUT2D eigenvalue weighted by Crippen LogP contribution is 2.23. The highest BCUT2D eigenvalue weighted by Gasteiger charge is 2.13. The van der Waals surface area contributed by atoms with Crippen molar-refractivity contribution < 1.29 is 14.5 Å². The largest absolute Gasteiger partial charge is 0.478 e. The number of anilines is 3. The Morgan fingerprint density at radius 1 is 0.964 bits per heavy atom. The first kappa shape index (κ1) is 17.1. The van der Waals surface area contributed by atoms with Gasteiger partial charge in [0.1, 0.15) is 0 Å². The Morgan fingerprint density at radius 2 is 1.64 bits per heavy atom. The van der Waals surface area contributed by atoms with Crippen LogP contribution in [-0.2, 0) is 0 Å². The van der Waals surface area contributed by atoms with Crippen LogP contribution in [0, 0.1) is 0 Å². The van der Waals surface area contributed by atoms with E-state index in [-0.39, 0.29) is 22.7 Å².